The van der Waals surface area contributed by atoms with Crippen molar-refractivity contribution < 1.29 is 14.6 Å². The number of aliphatic hydroxyl groups is 1. The average Bonchev–Trinajstić information content (AvgIpc) is 2.44. The molecule has 1 aromatic rings. The van der Waals surface area contributed by atoms with Gasteiger partial charge in [0.2, 0.25) is 5.91 Å². The molecule has 0 aliphatic carbocycles. The summed E-state index contributed by atoms with van der Waals surface area (Å²) in [7, 11) is 0. The second-order valence-electron chi connectivity index (χ2n) is 6.38. The largest absolute Gasteiger partial charge is 0.394 e. The van der Waals surface area contributed by atoms with Crippen LogP contribution in [0.15, 0.2) is 24.3 Å². The van der Waals surface area contributed by atoms with E-state index in [4.69, 9.17) is 4.74 Å². The van der Waals surface area contributed by atoms with Gasteiger partial charge in [-0.3, -0.25) is 4.79 Å². The van der Waals surface area contributed by atoms with Gasteiger partial charge in [-0.2, -0.15) is 0 Å². The molecule has 1 N–H and O–H groups in total. The third-order valence-electron chi connectivity index (χ3n) is 3.91. The van der Waals surface area contributed by atoms with Crippen molar-refractivity contribution in [3.63, 3.8) is 0 Å². The number of benzene rings is 1. The van der Waals surface area contributed by atoms with Gasteiger partial charge in [0.1, 0.15) is 0 Å². The Balaban J connectivity index is 1.95. The summed E-state index contributed by atoms with van der Waals surface area (Å²) in [5, 5.41) is 9.30. The van der Waals surface area contributed by atoms with Crippen LogP contribution in [0.2, 0.25) is 0 Å². The van der Waals surface area contributed by atoms with E-state index in [0.717, 1.165) is 6.42 Å². The van der Waals surface area contributed by atoms with Crippen molar-refractivity contribution >= 4 is 5.91 Å². The van der Waals surface area contributed by atoms with Crippen molar-refractivity contribution in [1.82, 2.24) is 4.90 Å². The molecule has 1 amide bonds. The van der Waals surface area contributed by atoms with E-state index in [0.29, 0.717) is 19.5 Å². The van der Waals surface area contributed by atoms with Crippen molar-refractivity contribution in [2.75, 3.05) is 19.7 Å². The van der Waals surface area contributed by atoms with E-state index < -0.39 is 5.60 Å². The van der Waals surface area contributed by atoms with Gasteiger partial charge in [0.15, 0.2) is 0 Å². The number of aliphatic hydroxyl groups excluding tert-OH is 1. The molecular weight excluding hydrogens is 266 g/mol. The summed E-state index contributed by atoms with van der Waals surface area (Å²) in [6.45, 7) is 6.99. The first-order valence-corrected chi connectivity index (χ1v) is 7.52. The van der Waals surface area contributed by atoms with Crippen LogP contribution in [0.3, 0.4) is 0 Å². The maximum Gasteiger partial charge on any atom is 0.223 e. The fourth-order valence-electron chi connectivity index (χ4n) is 2.87. The van der Waals surface area contributed by atoms with Gasteiger partial charge in [0.25, 0.3) is 0 Å². The van der Waals surface area contributed by atoms with Crippen molar-refractivity contribution in [3.8, 4) is 0 Å². The van der Waals surface area contributed by atoms with Crippen molar-refractivity contribution in [3.05, 3.63) is 35.4 Å². The molecule has 2 rings (SSSR count). The number of ether oxygens (including phenoxy) is 1. The lowest BCUT2D eigenvalue weighted by molar-refractivity contribution is -0.166. The minimum absolute atomic E-state index is 0.0506. The first kappa shape index (κ1) is 16.0. The molecule has 0 saturated carbocycles. The number of aryl methyl sites for hydroxylation is 2. The lowest BCUT2D eigenvalue weighted by Crippen LogP contribution is -2.55. The molecule has 1 atom stereocenters. The minimum atomic E-state index is -0.399. The maximum atomic E-state index is 12.4. The van der Waals surface area contributed by atoms with Gasteiger partial charge >= 0.3 is 0 Å². The number of morpholine rings is 1. The molecule has 1 unspecified atom stereocenters. The van der Waals surface area contributed by atoms with E-state index >= 15 is 0 Å². The highest BCUT2D eigenvalue weighted by Gasteiger charge is 2.34. The van der Waals surface area contributed by atoms with E-state index in [2.05, 4.69) is 19.1 Å². The van der Waals surface area contributed by atoms with Gasteiger partial charge in [-0.25, -0.2) is 0 Å². The van der Waals surface area contributed by atoms with Crippen LogP contribution in [-0.4, -0.2) is 47.3 Å². The Bertz CT molecular complexity index is 499. The van der Waals surface area contributed by atoms with Crippen LogP contribution in [0.5, 0.6) is 0 Å². The second kappa shape index (κ2) is 6.58. The smallest absolute Gasteiger partial charge is 0.223 e. The van der Waals surface area contributed by atoms with Gasteiger partial charge in [-0.15, -0.1) is 0 Å². The van der Waals surface area contributed by atoms with E-state index in [1.807, 2.05) is 30.9 Å². The summed E-state index contributed by atoms with van der Waals surface area (Å²) in [5.74, 6) is 0.132. The summed E-state index contributed by atoms with van der Waals surface area (Å²) in [5.41, 5.74) is 2.04. The quantitative estimate of drug-likeness (QED) is 0.922. The number of carbonyl (C=O) groups excluding carboxylic acids is 1. The monoisotopic (exact) mass is 291 g/mol. The van der Waals surface area contributed by atoms with E-state index in [-0.39, 0.29) is 18.6 Å². The Labute approximate surface area is 126 Å². The summed E-state index contributed by atoms with van der Waals surface area (Å²) in [6, 6.07) is 8.16. The summed E-state index contributed by atoms with van der Waals surface area (Å²) < 4.78 is 5.74. The molecule has 1 fully saturated rings. The zero-order chi connectivity index (χ0) is 15.5. The molecule has 1 aliphatic rings. The molecule has 0 radical (unpaired) electrons. The second-order valence-corrected chi connectivity index (χ2v) is 6.38. The van der Waals surface area contributed by atoms with Crippen LogP contribution in [0, 0.1) is 6.92 Å². The highest BCUT2D eigenvalue weighted by molar-refractivity contribution is 5.76. The highest BCUT2D eigenvalue weighted by atomic mass is 16.5. The number of hydrogen-bond acceptors (Lipinski definition) is 3. The maximum absolute atomic E-state index is 12.4. The third kappa shape index (κ3) is 4.29. The molecular formula is C17H25NO3. The molecule has 0 aromatic heterocycles. The van der Waals surface area contributed by atoms with Crippen LogP contribution >= 0.6 is 0 Å². The predicted octanol–water partition coefficient (Wildman–Crippen LogP) is 1.93. The molecule has 0 bridgehead atoms. The first-order chi connectivity index (χ1) is 9.91. The number of carbonyl (C=O) groups is 1. The van der Waals surface area contributed by atoms with E-state index in [1.54, 1.807) is 0 Å². The van der Waals surface area contributed by atoms with Crippen molar-refractivity contribution in [1.29, 1.82) is 0 Å². The van der Waals surface area contributed by atoms with Crippen LogP contribution < -0.4 is 0 Å². The molecule has 1 heterocycles. The van der Waals surface area contributed by atoms with Crippen LogP contribution in [0.25, 0.3) is 0 Å². The van der Waals surface area contributed by atoms with Crippen LogP contribution in [0.4, 0.5) is 0 Å². The molecule has 116 valence electrons. The lowest BCUT2D eigenvalue weighted by atomic mass is 10.0. The first-order valence-electron chi connectivity index (χ1n) is 7.52. The fourth-order valence-corrected chi connectivity index (χ4v) is 2.87. The molecule has 1 saturated heterocycles. The molecule has 1 aliphatic heterocycles. The number of amides is 1. The topological polar surface area (TPSA) is 49.8 Å². The van der Waals surface area contributed by atoms with Gasteiger partial charge in [0, 0.05) is 19.5 Å². The van der Waals surface area contributed by atoms with Crippen molar-refractivity contribution in [2.24, 2.45) is 0 Å². The third-order valence-corrected chi connectivity index (χ3v) is 3.91. The van der Waals surface area contributed by atoms with Crippen LogP contribution in [0.1, 0.15) is 31.4 Å². The van der Waals surface area contributed by atoms with Gasteiger partial charge < -0.3 is 14.7 Å². The van der Waals surface area contributed by atoms with E-state index in [1.165, 1.54) is 11.1 Å². The number of rotatable bonds is 4. The molecule has 1 aromatic carbocycles. The van der Waals surface area contributed by atoms with Gasteiger partial charge in [-0.05, 0) is 38.3 Å². The summed E-state index contributed by atoms with van der Waals surface area (Å²) in [6.07, 6.45) is 0.975. The Hall–Kier alpha value is -1.39. The Morgan fingerprint density at radius 2 is 2.14 bits per heavy atom. The molecule has 0 spiro atoms. The normalized spacial score (nSPS) is 21.3. The van der Waals surface area contributed by atoms with Crippen molar-refractivity contribution in [2.45, 2.75) is 45.3 Å². The SMILES string of the molecule is Cc1ccccc1CCC(=O)N1CC(CO)OC(C)(C)C1. The van der Waals surface area contributed by atoms with Crippen LogP contribution in [-0.2, 0) is 16.0 Å². The standard InChI is InChI=1S/C17H25NO3/c1-13-6-4-5-7-14(13)8-9-16(20)18-10-15(11-19)21-17(2,3)12-18/h4-7,15,19H,8-12H2,1-3H3. The average molecular weight is 291 g/mol. The Kier molecular flexibility index (Phi) is 5.01. The zero-order valence-electron chi connectivity index (χ0n) is 13.1. The zero-order valence-corrected chi connectivity index (χ0v) is 13.1. The lowest BCUT2D eigenvalue weighted by Gasteiger charge is -2.42. The van der Waals surface area contributed by atoms with Gasteiger partial charge in [0.05, 0.1) is 18.3 Å². The number of hydrogen-bond donors (Lipinski definition) is 1. The fraction of sp³-hybridized carbons (Fsp3) is 0.588. The highest BCUT2D eigenvalue weighted by Crippen LogP contribution is 2.22. The Morgan fingerprint density at radius 1 is 1.43 bits per heavy atom. The van der Waals surface area contributed by atoms with Gasteiger partial charge in [-0.1, -0.05) is 24.3 Å². The molecule has 21 heavy (non-hydrogen) atoms. The minimum Gasteiger partial charge on any atom is -0.394 e. The number of nitrogens with zero attached hydrogens (tertiary/aromatic N) is 1. The molecule has 4 heteroatoms. The Morgan fingerprint density at radius 3 is 2.81 bits per heavy atom. The van der Waals surface area contributed by atoms with E-state index in [9.17, 15) is 9.90 Å². The summed E-state index contributed by atoms with van der Waals surface area (Å²) in [4.78, 5) is 14.2. The predicted molar refractivity (Wildman–Crippen MR) is 82.1 cm³/mol. The summed E-state index contributed by atoms with van der Waals surface area (Å²) >= 11 is 0. The molecule has 4 nitrogen and oxygen atoms in total.